The molecule has 1 aliphatic heterocycles. The van der Waals surface area contributed by atoms with Crippen LogP contribution < -0.4 is 5.73 Å². The van der Waals surface area contributed by atoms with Gasteiger partial charge >= 0.3 is 0 Å². The molecule has 1 heterocycles. The lowest BCUT2D eigenvalue weighted by Gasteiger charge is -2.25. The Morgan fingerprint density at radius 3 is 2.60 bits per heavy atom. The van der Waals surface area contributed by atoms with Gasteiger partial charge in [-0.1, -0.05) is 0 Å². The first-order chi connectivity index (χ1) is 7.18. The molecular weight excluding hydrogens is 188 g/mol. The maximum atomic E-state index is 5.74. The highest BCUT2D eigenvalue weighted by Crippen LogP contribution is 2.18. The zero-order valence-corrected chi connectivity index (χ0v) is 10.2. The summed E-state index contributed by atoms with van der Waals surface area (Å²) in [4.78, 5) is 2.40. The molecule has 2 N–H and O–H groups in total. The van der Waals surface area contributed by atoms with Crippen molar-refractivity contribution in [3.8, 4) is 0 Å². The van der Waals surface area contributed by atoms with E-state index in [0.29, 0.717) is 6.04 Å². The van der Waals surface area contributed by atoms with E-state index in [2.05, 4.69) is 18.9 Å². The van der Waals surface area contributed by atoms with Gasteiger partial charge in [-0.05, 0) is 58.7 Å². The Hall–Kier alpha value is -0.120. The molecule has 90 valence electrons. The molecule has 0 spiro atoms. The van der Waals surface area contributed by atoms with Crippen LogP contribution in [-0.4, -0.2) is 44.3 Å². The van der Waals surface area contributed by atoms with Crippen LogP contribution in [0.5, 0.6) is 0 Å². The van der Waals surface area contributed by atoms with E-state index < -0.39 is 0 Å². The van der Waals surface area contributed by atoms with Gasteiger partial charge in [0.05, 0.1) is 0 Å². The van der Waals surface area contributed by atoms with Crippen molar-refractivity contribution in [1.29, 1.82) is 0 Å². The van der Waals surface area contributed by atoms with Gasteiger partial charge in [0, 0.05) is 19.3 Å². The second-order valence-corrected chi connectivity index (χ2v) is 4.91. The highest BCUT2D eigenvalue weighted by Gasteiger charge is 2.14. The SMILES string of the molecule is CC(N)CCN(C)CCC1CCOCC1. The summed E-state index contributed by atoms with van der Waals surface area (Å²) in [5, 5.41) is 0. The van der Waals surface area contributed by atoms with Crippen molar-refractivity contribution >= 4 is 0 Å². The summed E-state index contributed by atoms with van der Waals surface area (Å²) >= 11 is 0. The van der Waals surface area contributed by atoms with E-state index in [1.54, 1.807) is 0 Å². The summed E-state index contributed by atoms with van der Waals surface area (Å²) in [7, 11) is 2.20. The molecule has 0 radical (unpaired) electrons. The lowest BCUT2D eigenvalue weighted by molar-refractivity contribution is 0.0609. The predicted octanol–water partition coefficient (Wildman–Crippen LogP) is 1.47. The molecule has 0 bridgehead atoms. The van der Waals surface area contributed by atoms with Gasteiger partial charge in [0.15, 0.2) is 0 Å². The predicted molar refractivity (Wildman–Crippen MR) is 63.9 cm³/mol. The Labute approximate surface area is 94.0 Å². The van der Waals surface area contributed by atoms with Crippen LogP contribution >= 0.6 is 0 Å². The van der Waals surface area contributed by atoms with Gasteiger partial charge in [-0.15, -0.1) is 0 Å². The van der Waals surface area contributed by atoms with Gasteiger partial charge in [-0.25, -0.2) is 0 Å². The molecule has 0 aromatic rings. The van der Waals surface area contributed by atoms with Crippen LogP contribution in [0, 0.1) is 5.92 Å². The van der Waals surface area contributed by atoms with Crippen LogP contribution in [0.4, 0.5) is 0 Å². The minimum Gasteiger partial charge on any atom is -0.381 e. The summed E-state index contributed by atoms with van der Waals surface area (Å²) < 4.78 is 5.36. The smallest absolute Gasteiger partial charge is 0.0468 e. The molecule has 0 aromatic carbocycles. The van der Waals surface area contributed by atoms with Gasteiger partial charge < -0.3 is 15.4 Å². The monoisotopic (exact) mass is 214 g/mol. The second-order valence-electron chi connectivity index (χ2n) is 4.91. The molecule has 0 amide bonds. The minimum atomic E-state index is 0.329. The molecular formula is C12H26N2O. The molecule has 3 nitrogen and oxygen atoms in total. The zero-order chi connectivity index (χ0) is 11.1. The summed E-state index contributed by atoms with van der Waals surface area (Å²) in [6.07, 6.45) is 4.92. The minimum absolute atomic E-state index is 0.329. The molecule has 0 aliphatic carbocycles. The third-order valence-corrected chi connectivity index (χ3v) is 3.23. The van der Waals surface area contributed by atoms with Crippen LogP contribution in [0.1, 0.15) is 32.6 Å². The first-order valence-corrected chi connectivity index (χ1v) is 6.20. The topological polar surface area (TPSA) is 38.5 Å². The van der Waals surface area contributed by atoms with Crippen molar-refractivity contribution in [2.45, 2.75) is 38.6 Å². The molecule has 3 heteroatoms. The van der Waals surface area contributed by atoms with Crippen molar-refractivity contribution in [2.24, 2.45) is 11.7 Å². The van der Waals surface area contributed by atoms with E-state index >= 15 is 0 Å². The summed E-state index contributed by atoms with van der Waals surface area (Å²) in [6.45, 7) is 6.34. The van der Waals surface area contributed by atoms with Crippen LogP contribution in [0.2, 0.25) is 0 Å². The standard InChI is InChI=1S/C12H26N2O/c1-11(13)3-7-14(2)8-4-12-5-9-15-10-6-12/h11-12H,3-10,13H2,1-2H3. The van der Waals surface area contributed by atoms with E-state index in [0.717, 1.165) is 32.1 Å². The molecule has 1 unspecified atom stereocenters. The van der Waals surface area contributed by atoms with Crippen LogP contribution in [-0.2, 0) is 4.74 Å². The molecule has 1 saturated heterocycles. The number of hydrogen-bond acceptors (Lipinski definition) is 3. The van der Waals surface area contributed by atoms with Gasteiger partial charge in [0.2, 0.25) is 0 Å². The quantitative estimate of drug-likeness (QED) is 0.728. The van der Waals surface area contributed by atoms with Crippen molar-refractivity contribution in [3.63, 3.8) is 0 Å². The largest absolute Gasteiger partial charge is 0.381 e. The molecule has 0 aromatic heterocycles. The molecule has 1 rings (SSSR count). The van der Waals surface area contributed by atoms with E-state index in [9.17, 15) is 0 Å². The number of hydrogen-bond donors (Lipinski definition) is 1. The van der Waals surface area contributed by atoms with Crippen LogP contribution in [0.3, 0.4) is 0 Å². The van der Waals surface area contributed by atoms with Gasteiger partial charge in [-0.2, -0.15) is 0 Å². The zero-order valence-electron chi connectivity index (χ0n) is 10.2. The number of rotatable bonds is 6. The fourth-order valence-corrected chi connectivity index (χ4v) is 1.97. The third-order valence-electron chi connectivity index (χ3n) is 3.23. The third kappa shape index (κ3) is 6.13. The molecule has 1 atom stereocenters. The van der Waals surface area contributed by atoms with Crippen molar-refractivity contribution in [1.82, 2.24) is 4.90 Å². The lowest BCUT2D eigenvalue weighted by Crippen LogP contribution is -2.28. The lowest BCUT2D eigenvalue weighted by atomic mass is 9.96. The highest BCUT2D eigenvalue weighted by atomic mass is 16.5. The van der Waals surface area contributed by atoms with E-state index in [4.69, 9.17) is 10.5 Å². The fraction of sp³-hybridized carbons (Fsp3) is 1.00. The Kier molecular flexibility index (Phi) is 6.22. The maximum absolute atomic E-state index is 5.74. The highest BCUT2D eigenvalue weighted by molar-refractivity contribution is 4.66. The first kappa shape index (κ1) is 12.9. The van der Waals surface area contributed by atoms with E-state index in [1.165, 1.54) is 25.8 Å². The van der Waals surface area contributed by atoms with Gasteiger partial charge in [0.25, 0.3) is 0 Å². The van der Waals surface area contributed by atoms with Crippen LogP contribution in [0.15, 0.2) is 0 Å². The first-order valence-electron chi connectivity index (χ1n) is 6.20. The fourth-order valence-electron chi connectivity index (χ4n) is 1.97. The summed E-state index contributed by atoms with van der Waals surface area (Å²) in [5.41, 5.74) is 5.74. The second kappa shape index (κ2) is 7.20. The van der Waals surface area contributed by atoms with Crippen molar-refractivity contribution < 1.29 is 4.74 Å². The van der Waals surface area contributed by atoms with Crippen molar-refractivity contribution in [3.05, 3.63) is 0 Å². The number of ether oxygens (including phenoxy) is 1. The average molecular weight is 214 g/mol. The number of nitrogens with two attached hydrogens (primary N) is 1. The normalized spacial score (nSPS) is 20.8. The Morgan fingerprint density at radius 1 is 1.33 bits per heavy atom. The Bertz CT molecular complexity index is 156. The van der Waals surface area contributed by atoms with E-state index in [1.807, 2.05) is 0 Å². The van der Waals surface area contributed by atoms with E-state index in [-0.39, 0.29) is 0 Å². The van der Waals surface area contributed by atoms with Crippen molar-refractivity contribution in [2.75, 3.05) is 33.4 Å². The molecule has 0 saturated carbocycles. The van der Waals surface area contributed by atoms with Crippen LogP contribution in [0.25, 0.3) is 0 Å². The molecule has 1 aliphatic rings. The molecule has 15 heavy (non-hydrogen) atoms. The average Bonchev–Trinajstić information content (AvgIpc) is 2.25. The Balaban J connectivity index is 2.02. The molecule has 1 fully saturated rings. The summed E-state index contributed by atoms with van der Waals surface area (Å²) in [6, 6.07) is 0.329. The van der Waals surface area contributed by atoms with Gasteiger partial charge in [-0.3, -0.25) is 0 Å². The van der Waals surface area contributed by atoms with Gasteiger partial charge in [0.1, 0.15) is 0 Å². The maximum Gasteiger partial charge on any atom is 0.0468 e. The number of nitrogens with zero attached hydrogens (tertiary/aromatic N) is 1. The Morgan fingerprint density at radius 2 is 2.00 bits per heavy atom. The summed E-state index contributed by atoms with van der Waals surface area (Å²) in [5.74, 6) is 0.886.